The number of aromatic nitrogens is 3. The zero-order valence-corrected chi connectivity index (χ0v) is 27.0. The van der Waals surface area contributed by atoms with Gasteiger partial charge in [0, 0.05) is 43.9 Å². The summed E-state index contributed by atoms with van der Waals surface area (Å²) in [5.74, 6) is -0.695. The summed E-state index contributed by atoms with van der Waals surface area (Å²) >= 11 is 6.02. The summed E-state index contributed by atoms with van der Waals surface area (Å²) in [5, 5.41) is 3.82. The van der Waals surface area contributed by atoms with Gasteiger partial charge in [-0.1, -0.05) is 54.4 Å². The van der Waals surface area contributed by atoms with Crippen molar-refractivity contribution in [3.63, 3.8) is 0 Å². The minimum atomic E-state index is -4.57. The molecule has 0 bridgehead atoms. The summed E-state index contributed by atoms with van der Waals surface area (Å²) in [5.41, 5.74) is 1.68. The first-order valence-corrected chi connectivity index (χ1v) is 16.7. The van der Waals surface area contributed by atoms with Gasteiger partial charge in [0.05, 0.1) is 5.54 Å². The molecular formula is C31H35ClF3N5O5S. The molecule has 1 fully saturated rings. The number of carbonyl (C=O) groups excluding carboxylic acids is 2. The molecule has 0 unspecified atom stereocenters. The number of carbonyl (C=O) groups is 2. The molecule has 0 amide bonds. The molecule has 1 aromatic heterocycles. The summed E-state index contributed by atoms with van der Waals surface area (Å²) in [4.78, 5) is 37.3. The second-order valence-corrected chi connectivity index (χ2v) is 14.0. The third-order valence-corrected chi connectivity index (χ3v) is 9.47. The zero-order valence-electron chi connectivity index (χ0n) is 25.4. The number of Topliss-reactive ketones (excluding diaryl/α,β-unsaturated/α-hetero) is 2. The van der Waals surface area contributed by atoms with Crippen LogP contribution in [0.1, 0.15) is 72.3 Å². The van der Waals surface area contributed by atoms with Crippen LogP contribution in [-0.2, 0) is 26.8 Å². The molecule has 0 saturated heterocycles. The number of nitrogens with zero attached hydrogens (tertiary/aromatic N) is 4. The number of anilines is 1. The van der Waals surface area contributed by atoms with Crippen LogP contribution in [-0.4, -0.2) is 71.9 Å². The fourth-order valence-electron chi connectivity index (χ4n) is 4.66. The van der Waals surface area contributed by atoms with Crippen LogP contribution in [0, 0.1) is 0 Å². The largest absolute Gasteiger partial charge is 0.454 e. The number of halogens is 4. The molecule has 0 aliphatic heterocycles. The second-order valence-electron chi connectivity index (χ2n) is 11.4. The SMILES string of the molecule is CN(C)S(=O)(=O)CC(=O)CCCCCC(=O)c1ccc(Cc2nc(NC3(c4ccc(Cl)cc4)CC3)nc(OCC(F)(F)F)n2)cc1. The highest BCUT2D eigenvalue weighted by atomic mass is 35.5. The Kier molecular flexibility index (Phi) is 11.4. The number of hydrogen-bond acceptors (Lipinski definition) is 9. The number of ketones is 2. The van der Waals surface area contributed by atoms with Crippen molar-refractivity contribution in [2.45, 2.75) is 63.1 Å². The number of alkyl halides is 3. The summed E-state index contributed by atoms with van der Waals surface area (Å²) in [6.07, 6.45) is -0.844. The van der Waals surface area contributed by atoms with Gasteiger partial charge < -0.3 is 10.1 Å². The summed E-state index contributed by atoms with van der Waals surface area (Å²) in [7, 11) is -0.822. The molecule has 0 spiro atoms. The van der Waals surface area contributed by atoms with E-state index in [9.17, 15) is 31.2 Å². The minimum absolute atomic E-state index is 0.0838. The van der Waals surface area contributed by atoms with E-state index in [1.54, 1.807) is 36.4 Å². The molecule has 15 heteroatoms. The van der Waals surface area contributed by atoms with Gasteiger partial charge in [0.25, 0.3) is 0 Å². The van der Waals surface area contributed by atoms with Crippen LogP contribution in [0.5, 0.6) is 6.01 Å². The number of benzene rings is 2. The molecule has 1 N–H and O–H groups in total. The Hall–Kier alpha value is -3.62. The predicted octanol–water partition coefficient (Wildman–Crippen LogP) is 5.75. The van der Waals surface area contributed by atoms with E-state index < -0.39 is 40.1 Å². The van der Waals surface area contributed by atoms with Crippen molar-refractivity contribution >= 4 is 39.1 Å². The average Bonchev–Trinajstić information content (AvgIpc) is 3.76. The Balaban J connectivity index is 1.35. The molecule has 3 aromatic rings. The lowest BCUT2D eigenvalue weighted by Gasteiger charge is -2.19. The number of rotatable bonds is 17. The van der Waals surface area contributed by atoms with Gasteiger partial charge in [-0.05, 0) is 48.9 Å². The van der Waals surface area contributed by atoms with Crippen molar-refractivity contribution in [1.82, 2.24) is 19.3 Å². The van der Waals surface area contributed by atoms with Crippen molar-refractivity contribution in [1.29, 1.82) is 0 Å². The van der Waals surface area contributed by atoms with Crippen LogP contribution in [0.3, 0.4) is 0 Å². The summed E-state index contributed by atoms with van der Waals surface area (Å²) in [6.45, 7) is -1.55. The van der Waals surface area contributed by atoms with Crippen LogP contribution < -0.4 is 10.1 Å². The molecule has 10 nitrogen and oxygen atoms in total. The molecule has 1 saturated carbocycles. The van der Waals surface area contributed by atoms with E-state index in [4.69, 9.17) is 16.3 Å². The van der Waals surface area contributed by atoms with Gasteiger partial charge in [-0.25, -0.2) is 12.7 Å². The first-order chi connectivity index (χ1) is 21.6. The van der Waals surface area contributed by atoms with E-state index in [1.807, 2.05) is 12.1 Å². The van der Waals surface area contributed by atoms with Gasteiger partial charge in [0.2, 0.25) is 16.0 Å². The molecule has 1 aliphatic carbocycles. The number of unbranched alkanes of at least 4 members (excludes halogenated alkanes) is 2. The van der Waals surface area contributed by atoms with Crippen LogP contribution >= 0.6 is 11.6 Å². The van der Waals surface area contributed by atoms with E-state index in [2.05, 4.69) is 20.3 Å². The average molecular weight is 682 g/mol. The maximum atomic E-state index is 12.9. The lowest BCUT2D eigenvalue weighted by Crippen LogP contribution is -2.29. The van der Waals surface area contributed by atoms with Crippen molar-refractivity contribution in [2.24, 2.45) is 0 Å². The highest BCUT2D eigenvalue weighted by Crippen LogP contribution is 2.48. The minimum Gasteiger partial charge on any atom is -0.454 e. The Bertz CT molecular complexity index is 1630. The Morgan fingerprint density at radius 2 is 1.61 bits per heavy atom. The smallest absolute Gasteiger partial charge is 0.422 e. The van der Waals surface area contributed by atoms with Crippen LogP contribution in [0.4, 0.5) is 19.1 Å². The maximum Gasteiger partial charge on any atom is 0.422 e. The van der Waals surface area contributed by atoms with Gasteiger partial charge in [0.1, 0.15) is 17.4 Å². The Morgan fingerprint density at radius 3 is 2.22 bits per heavy atom. The van der Waals surface area contributed by atoms with E-state index in [-0.39, 0.29) is 42.6 Å². The van der Waals surface area contributed by atoms with Crippen LogP contribution in [0.25, 0.3) is 0 Å². The van der Waals surface area contributed by atoms with Gasteiger partial charge in [-0.3, -0.25) is 9.59 Å². The number of hydrogen-bond donors (Lipinski definition) is 1. The van der Waals surface area contributed by atoms with Crippen molar-refractivity contribution in [2.75, 3.05) is 31.8 Å². The molecule has 46 heavy (non-hydrogen) atoms. The first kappa shape index (κ1) is 35.2. The summed E-state index contributed by atoms with van der Waals surface area (Å²) in [6, 6.07) is 13.6. The molecular weight excluding hydrogens is 647 g/mol. The fraction of sp³-hybridized carbons (Fsp3) is 0.452. The Labute approximate surface area is 270 Å². The number of ether oxygens (including phenoxy) is 1. The van der Waals surface area contributed by atoms with Gasteiger partial charge in [0.15, 0.2) is 12.4 Å². The van der Waals surface area contributed by atoms with E-state index in [1.165, 1.54) is 14.1 Å². The van der Waals surface area contributed by atoms with Gasteiger partial charge in [-0.2, -0.15) is 28.1 Å². The first-order valence-electron chi connectivity index (χ1n) is 14.7. The van der Waals surface area contributed by atoms with E-state index in [0.29, 0.717) is 29.8 Å². The number of sulfonamides is 1. The monoisotopic (exact) mass is 681 g/mol. The highest BCUT2D eigenvalue weighted by Gasteiger charge is 2.45. The molecule has 0 atom stereocenters. The molecule has 0 radical (unpaired) electrons. The van der Waals surface area contributed by atoms with Crippen LogP contribution in [0.2, 0.25) is 5.02 Å². The maximum absolute atomic E-state index is 12.9. The zero-order chi connectivity index (χ0) is 33.5. The topological polar surface area (TPSA) is 131 Å². The van der Waals surface area contributed by atoms with E-state index >= 15 is 0 Å². The van der Waals surface area contributed by atoms with Gasteiger partial charge >= 0.3 is 12.2 Å². The third kappa shape index (κ3) is 10.5. The van der Waals surface area contributed by atoms with Crippen molar-refractivity contribution < 1.29 is 35.9 Å². The van der Waals surface area contributed by atoms with Gasteiger partial charge in [-0.15, -0.1) is 0 Å². The van der Waals surface area contributed by atoms with E-state index in [0.717, 1.165) is 28.3 Å². The summed E-state index contributed by atoms with van der Waals surface area (Å²) < 4.78 is 68.1. The number of nitrogens with one attached hydrogen (secondary N) is 1. The molecule has 4 rings (SSSR count). The molecule has 1 aliphatic rings. The second kappa shape index (κ2) is 14.9. The standard InChI is InChI=1S/C31H35ClF3N5O5S/c1-40(2)46(43,44)19-25(41)6-4-3-5-7-26(42)22-10-8-21(9-11-22)18-27-36-28(38-29(37-27)45-20-31(33,34)35)39-30(16-17-30)23-12-14-24(32)15-13-23/h8-15H,3-7,16-20H2,1-2H3,(H,36,37,38,39). The van der Waals surface area contributed by atoms with Crippen molar-refractivity contribution in [3.05, 3.63) is 76.1 Å². The predicted molar refractivity (Wildman–Crippen MR) is 167 cm³/mol. The Morgan fingerprint density at radius 1 is 0.957 bits per heavy atom. The van der Waals surface area contributed by atoms with Crippen molar-refractivity contribution in [3.8, 4) is 6.01 Å². The lowest BCUT2D eigenvalue weighted by atomic mass is 10.0. The lowest BCUT2D eigenvalue weighted by molar-refractivity contribution is -0.154. The molecule has 1 heterocycles. The fourth-order valence-corrected chi connectivity index (χ4v) is 5.60. The molecule has 2 aromatic carbocycles. The highest BCUT2D eigenvalue weighted by molar-refractivity contribution is 7.89. The quantitative estimate of drug-likeness (QED) is 0.140. The molecule has 248 valence electrons. The normalized spacial score (nSPS) is 14.2. The van der Waals surface area contributed by atoms with Crippen LogP contribution in [0.15, 0.2) is 48.5 Å². The third-order valence-electron chi connectivity index (χ3n) is 7.42.